The van der Waals surface area contributed by atoms with Crippen molar-refractivity contribution in [1.29, 1.82) is 0 Å². The summed E-state index contributed by atoms with van der Waals surface area (Å²) in [7, 11) is 0. The van der Waals surface area contributed by atoms with Gasteiger partial charge in [0.2, 0.25) is 5.91 Å². The van der Waals surface area contributed by atoms with Crippen LogP contribution in [-0.2, 0) is 17.9 Å². The van der Waals surface area contributed by atoms with Crippen molar-refractivity contribution in [2.75, 3.05) is 19.6 Å². The molecule has 0 saturated carbocycles. The Morgan fingerprint density at radius 1 is 1.46 bits per heavy atom. The molecular weight excluding hydrogens is 368 g/mol. The first-order valence-corrected chi connectivity index (χ1v) is 10.2. The zero-order valence-corrected chi connectivity index (χ0v) is 17.0. The van der Waals surface area contributed by atoms with E-state index in [1.807, 2.05) is 15.8 Å². The van der Waals surface area contributed by atoms with Gasteiger partial charge in [0.1, 0.15) is 6.54 Å². The molecule has 1 amide bonds. The van der Waals surface area contributed by atoms with Gasteiger partial charge in [-0.3, -0.25) is 9.48 Å². The first kappa shape index (κ1) is 20.9. The molecule has 0 bridgehead atoms. The van der Waals surface area contributed by atoms with Gasteiger partial charge in [-0.25, -0.2) is 0 Å². The number of halogens is 1. The van der Waals surface area contributed by atoms with Gasteiger partial charge in [0.15, 0.2) is 0 Å². The van der Waals surface area contributed by atoms with E-state index >= 15 is 0 Å². The number of hydrogen-bond acceptors (Lipinski definition) is 4. The van der Waals surface area contributed by atoms with E-state index in [-0.39, 0.29) is 18.3 Å². The number of nitrogens with one attached hydrogen (secondary N) is 1. The first-order chi connectivity index (χ1) is 12.3. The van der Waals surface area contributed by atoms with E-state index in [4.69, 9.17) is 0 Å². The fourth-order valence-corrected chi connectivity index (χ4v) is 4.06. The minimum absolute atomic E-state index is 0. The van der Waals surface area contributed by atoms with Gasteiger partial charge in [-0.05, 0) is 54.3 Å². The lowest BCUT2D eigenvalue weighted by atomic mass is 9.96. The van der Waals surface area contributed by atoms with E-state index < -0.39 is 0 Å². The van der Waals surface area contributed by atoms with Gasteiger partial charge in [0.05, 0.1) is 0 Å². The Labute approximate surface area is 166 Å². The lowest BCUT2D eigenvalue weighted by Gasteiger charge is -2.25. The number of piperidine rings is 1. The molecule has 2 aromatic rings. The minimum atomic E-state index is 0. The predicted octanol–water partition coefficient (Wildman–Crippen LogP) is 3.66. The van der Waals surface area contributed by atoms with Gasteiger partial charge in [-0.15, -0.1) is 12.4 Å². The van der Waals surface area contributed by atoms with Gasteiger partial charge in [0.25, 0.3) is 0 Å². The van der Waals surface area contributed by atoms with Crippen LogP contribution in [-0.4, -0.2) is 40.2 Å². The highest BCUT2D eigenvalue weighted by atomic mass is 35.5. The number of carbonyl (C=O) groups is 1. The van der Waals surface area contributed by atoms with Crippen LogP contribution in [0.3, 0.4) is 0 Å². The van der Waals surface area contributed by atoms with E-state index in [1.165, 1.54) is 24.1 Å². The lowest BCUT2D eigenvalue weighted by molar-refractivity contribution is -0.132. The van der Waals surface area contributed by atoms with Gasteiger partial charge in [-0.2, -0.15) is 16.4 Å². The van der Waals surface area contributed by atoms with Crippen LogP contribution in [0.15, 0.2) is 29.1 Å². The topological polar surface area (TPSA) is 50.2 Å². The zero-order valence-electron chi connectivity index (χ0n) is 15.4. The molecule has 0 spiro atoms. The summed E-state index contributed by atoms with van der Waals surface area (Å²) in [6, 6.07) is 4.17. The number of carbonyl (C=O) groups excluding carboxylic acids is 1. The largest absolute Gasteiger partial charge is 0.337 e. The van der Waals surface area contributed by atoms with Crippen molar-refractivity contribution < 1.29 is 4.79 Å². The third-order valence-electron chi connectivity index (χ3n) is 4.84. The van der Waals surface area contributed by atoms with E-state index in [2.05, 4.69) is 40.2 Å². The molecular formula is C19H29ClN4OS. The van der Waals surface area contributed by atoms with E-state index in [0.29, 0.717) is 19.0 Å². The Morgan fingerprint density at radius 3 is 3.04 bits per heavy atom. The molecule has 0 aromatic carbocycles. The molecule has 5 nitrogen and oxygen atoms in total. The number of nitrogens with zero attached hydrogens (tertiary/aromatic N) is 3. The number of aromatic nitrogens is 2. The molecule has 1 saturated heterocycles. The normalized spacial score (nSPS) is 16.9. The Hall–Kier alpha value is -1.37. The van der Waals surface area contributed by atoms with E-state index in [0.717, 1.165) is 32.5 Å². The van der Waals surface area contributed by atoms with Gasteiger partial charge in [-0.1, -0.05) is 13.3 Å². The molecule has 0 radical (unpaired) electrons. The predicted molar refractivity (Wildman–Crippen MR) is 109 cm³/mol. The van der Waals surface area contributed by atoms with Crippen molar-refractivity contribution in [3.8, 4) is 0 Å². The minimum Gasteiger partial charge on any atom is -0.337 e. The molecule has 1 fully saturated rings. The standard InChI is InChI=1S/C19H28N4OS.ClH/c1-2-3-10-22(13-16-7-11-25-15-16)19(24)14-23-18(6-9-21-23)17-5-4-8-20-12-17;/h6-7,9,11,15,17,20H,2-5,8,10,12-14H2,1H3;1H. The maximum atomic E-state index is 12.9. The van der Waals surface area contributed by atoms with Crippen LogP contribution in [0.4, 0.5) is 0 Å². The van der Waals surface area contributed by atoms with Crippen LogP contribution in [0.25, 0.3) is 0 Å². The lowest BCUT2D eigenvalue weighted by Crippen LogP contribution is -2.36. The molecule has 1 N–H and O–H groups in total. The second-order valence-corrected chi connectivity index (χ2v) is 7.54. The van der Waals surface area contributed by atoms with Crippen molar-refractivity contribution in [3.63, 3.8) is 0 Å². The number of hydrogen-bond donors (Lipinski definition) is 1. The number of amides is 1. The summed E-state index contributed by atoms with van der Waals surface area (Å²) in [5, 5.41) is 12.1. The molecule has 3 heterocycles. The molecule has 0 aliphatic carbocycles. The van der Waals surface area contributed by atoms with Crippen molar-refractivity contribution in [2.24, 2.45) is 0 Å². The third kappa shape index (κ3) is 5.56. The second kappa shape index (κ2) is 10.7. The molecule has 2 aromatic heterocycles. The van der Waals surface area contributed by atoms with Crippen LogP contribution >= 0.6 is 23.7 Å². The summed E-state index contributed by atoms with van der Waals surface area (Å²) in [6.45, 7) is 6.08. The summed E-state index contributed by atoms with van der Waals surface area (Å²) >= 11 is 1.68. The van der Waals surface area contributed by atoms with Crippen LogP contribution in [0.2, 0.25) is 0 Å². The van der Waals surface area contributed by atoms with Crippen LogP contribution in [0, 0.1) is 0 Å². The molecule has 7 heteroatoms. The quantitative estimate of drug-likeness (QED) is 0.740. The Morgan fingerprint density at radius 2 is 2.35 bits per heavy atom. The number of unbranched alkanes of at least 4 members (excludes halogenated alkanes) is 1. The SMILES string of the molecule is CCCCN(Cc1ccsc1)C(=O)Cn1nccc1C1CCCNC1.Cl. The fourth-order valence-electron chi connectivity index (χ4n) is 3.40. The highest BCUT2D eigenvalue weighted by Gasteiger charge is 2.21. The maximum Gasteiger partial charge on any atom is 0.244 e. The number of thiophene rings is 1. The molecule has 144 valence electrons. The zero-order chi connectivity index (χ0) is 17.5. The van der Waals surface area contributed by atoms with Gasteiger partial charge >= 0.3 is 0 Å². The van der Waals surface area contributed by atoms with E-state index in [9.17, 15) is 4.79 Å². The molecule has 1 aliphatic rings. The second-order valence-electron chi connectivity index (χ2n) is 6.76. The highest BCUT2D eigenvalue weighted by Crippen LogP contribution is 2.23. The van der Waals surface area contributed by atoms with Crippen molar-refractivity contribution in [1.82, 2.24) is 20.0 Å². The Kier molecular flexibility index (Phi) is 8.62. The van der Waals surface area contributed by atoms with Crippen molar-refractivity contribution in [2.45, 2.75) is 51.6 Å². The first-order valence-electron chi connectivity index (χ1n) is 9.29. The fraction of sp³-hybridized carbons (Fsp3) is 0.579. The molecule has 1 atom stereocenters. The molecule has 26 heavy (non-hydrogen) atoms. The van der Waals surface area contributed by atoms with E-state index in [1.54, 1.807) is 11.3 Å². The highest BCUT2D eigenvalue weighted by molar-refractivity contribution is 7.07. The van der Waals surface area contributed by atoms with Crippen LogP contribution < -0.4 is 5.32 Å². The number of rotatable bonds is 8. The third-order valence-corrected chi connectivity index (χ3v) is 5.57. The Balaban J connectivity index is 0.00000243. The van der Waals surface area contributed by atoms with Gasteiger partial charge < -0.3 is 10.2 Å². The average molecular weight is 397 g/mol. The maximum absolute atomic E-state index is 12.9. The monoisotopic (exact) mass is 396 g/mol. The molecule has 1 unspecified atom stereocenters. The van der Waals surface area contributed by atoms with Gasteiger partial charge in [0, 0.05) is 37.4 Å². The average Bonchev–Trinajstić information content (AvgIpc) is 3.31. The summed E-state index contributed by atoms with van der Waals surface area (Å²) < 4.78 is 1.91. The summed E-state index contributed by atoms with van der Waals surface area (Å²) in [4.78, 5) is 14.9. The molecule has 1 aliphatic heterocycles. The molecule has 3 rings (SSSR count). The van der Waals surface area contributed by atoms with Crippen molar-refractivity contribution in [3.05, 3.63) is 40.3 Å². The smallest absolute Gasteiger partial charge is 0.244 e. The Bertz CT molecular complexity index is 652. The van der Waals surface area contributed by atoms with Crippen LogP contribution in [0.5, 0.6) is 0 Å². The summed E-state index contributed by atoms with van der Waals surface area (Å²) in [5.41, 5.74) is 2.40. The van der Waals surface area contributed by atoms with Crippen LogP contribution in [0.1, 0.15) is 49.8 Å². The summed E-state index contributed by atoms with van der Waals surface area (Å²) in [6.07, 6.45) is 6.31. The van der Waals surface area contributed by atoms with Crippen molar-refractivity contribution >= 4 is 29.7 Å². The summed E-state index contributed by atoms with van der Waals surface area (Å²) in [5.74, 6) is 0.624.